The number of aliphatic hydroxyl groups is 1. The summed E-state index contributed by atoms with van der Waals surface area (Å²) in [7, 11) is 0. The fourth-order valence-electron chi connectivity index (χ4n) is 1.86. The van der Waals surface area contributed by atoms with Crippen LogP contribution in [-0.4, -0.2) is 10.7 Å². The van der Waals surface area contributed by atoms with E-state index in [2.05, 4.69) is 25.9 Å². The zero-order chi connectivity index (χ0) is 14.0. The maximum Gasteiger partial charge on any atom is 0.140 e. The molecule has 0 aromatic heterocycles. The molecule has 0 aliphatic heterocycles. The molecule has 0 atom stereocenters. The molecule has 1 aromatic carbocycles. The predicted octanol–water partition coefficient (Wildman–Crippen LogP) is 4.14. The molecule has 0 fully saturated rings. The van der Waals surface area contributed by atoms with Gasteiger partial charge in [-0.2, -0.15) is 0 Å². The molecule has 0 aliphatic carbocycles. The molecule has 0 amide bonds. The van der Waals surface area contributed by atoms with E-state index in [4.69, 9.17) is 4.74 Å². The van der Waals surface area contributed by atoms with Gasteiger partial charge in [-0.15, -0.1) is 0 Å². The van der Waals surface area contributed by atoms with Crippen LogP contribution in [0.4, 0.5) is 0 Å². The summed E-state index contributed by atoms with van der Waals surface area (Å²) in [6.07, 6.45) is 8.20. The van der Waals surface area contributed by atoms with Crippen molar-refractivity contribution in [1.29, 1.82) is 0 Å². The van der Waals surface area contributed by atoms with Crippen LogP contribution in [0.5, 0.6) is 5.75 Å². The summed E-state index contributed by atoms with van der Waals surface area (Å²) in [6, 6.07) is 9.44. The van der Waals surface area contributed by atoms with Crippen molar-refractivity contribution < 1.29 is 9.84 Å². The second kappa shape index (κ2) is 8.61. The minimum Gasteiger partial charge on any atom is -0.407 e. The van der Waals surface area contributed by atoms with E-state index >= 15 is 0 Å². The van der Waals surface area contributed by atoms with Crippen molar-refractivity contribution in [2.45, 2.75) is 58.0 Å². The van der Waals surface area contributed by atoms with Crippen molar-refractivity contribution in [2.24, 2.45) is 0 Å². The van der Waals surface area contributed by atoms with Crippen LogP contribution in [0.2, 0.25) is 0 Å². The highest BCUT2D eigenvalue weighted by atomic mass is 16.5. The van der Waals surface area contributed by atoms with E-state index < -0.39 is 5.60 Å². The van der Waals surface area contributed by atoms with E-state index in [1.54, 1.807) is 0 Å². The van der Waals surface area contributed by atoms with Crippen LogP contribution in [-0.2, 0) is 0 Å². The van der Waals surface area contributed by atoms with Crippen molar-refractivity contribution in [2.75, 3.05) is 0 Å². The third-order valence-electron chi connectivity index (χ3n) is 3.08. The van der Waals surface area contributed by atoms with Gasteiger partial charge in [0.2, 0.25) is 0 Å². The lowest BCUT2D eigenvalue weighted by molar-refractivity contribution is 0.0767. The van der Waals surface area contributed by atoms with Gasteiger partial charge in [0.15, 0.2) is 0 Å². The van der Waals surface area contributed by atoms with E-state index in [1.165, 1.54) is 0 Å². The molecule has 0 bridgehead atoms. The molecule has 104 valence electrons. The Kier molecular flexibility index (Phi) is 7.07. The van der Waals surface area contributed by atoms with Crippen LogP contribution < -0.4 is 4.74 Å². The summed E-state index contributed by atoms with van der Waals surface area (Å²) >= 11 is 0. The van der Waals surface area contributed by atoms with Gasteiger partial charge in [-0.1, -0.05) is 44.9 Å². The SMILES string of the molecule is CCCCC(O)(C#COc1ccccc1)CCCC. The molecule has 2 nitrogen and oxygen atoms in total. The molecular formula is C17H24O2. The first-order chi connectivity index (χ1) is 9.20. The molecule has 0 heterocycles. The Hall–Kier alpha value is -1.46. The molecule has 0 radical (unpaired) electrons. The van der Waals surface area contributed by atoms with Crippen molar-refractivity contribution in [1.82, 2.24) is 0 Å². The number of unbranched alkanes of at least 4 members (excludes halogenated alkanes) is 2. The summed E-state index contributed by atoms with van der Waals surface area (Å²) in [5.74, 6) is 3.61. The van der Waals surface area contributed by atoms with E-state index in [0.717, 1.165) is 25.7 Å². The first kappa shape index (κ1) is 15.6. The quantitative estimate of drug-likeness (QED) is 0.747. The first-order valence-electron chi connectivity index (χ1n) is 7.16. The summed E-state index contributed by atoms with van der Waals surface area (Å²) in [5, 5.41) is 10.5. The molecule has 0 unspecified atom stereocenters. The van der Waals surface area contributed by atoms with E-state index in [1.807, 2.05) is 30.3 Å². The maximum absolute atomic E-state index is 10.5. The number of hydrogen-bond donors (Lipinski definition) is 1. The van der Waals surface area contributed by atoms with Crippen LogP contribution in [0.1, 0.15) is 52.4 Å². The molecule has 0 spiro atoms. The Morgan fingerprint density at radius 3 is 2.16 bits per heavy atom. The van der Waals surface area contributed by atoms with Gasteiger partial charge in [0.1, 0.15) is 17.5 Å². The Bertz CT molecular complexity index is 392. The molecule has 1 aromatic rings. The standard InChI is InChI=1S/C17H24O2/c1-3-5-12-17(18,13-6-4-2)14-15-19-16-10-8-7-9-11-16/h7-11,18H,3-6,12-13H2,1-2H3. The van der Waals surface area contributed by atoms with Gasteiger partial charge in [-0.05, 0) is 43.7 Å². The second-order valence-corrected chi connectivity index (χ2v) is 4.88. The molecule has 1 rings (SSSR count). The van der Waals surface area contributed by atoms with Gasteiger partial charge in [0.05, 0.1) is 0 Å². The average Bonchev–Trinajstić information content (AvgIpc) is 2.44. The smallest absolute Gasteiger partial charge is 0.140 e. The number of para-hydroxylation sites is 1. The molecular weight excluding hydrogens is 236 g/mol. The fourth-order valence-corrected chi connectivity index (χ4v) is 1.86. The van der Waals surface area contributed by atoms with Crippen molar-refractivity contribution in [3.63, 3.8) is 0 Å². The highest BCUT2D eigenvalue weighted by Gasteiger charge is 2.22. The van der Waals surface area contributed by atoms with Crippen LogP contribution >= 0.6 is 0 Å². The van der Waals surface area contributed by atoms with Crippen LogP contribution in [0, 0.1) is 12.0 Å². The molecule has 1 N–H and O–H groups in total. The Morgan fingerprint density at radius 2 is 1.63 bits per heavy atom. The summed E-state index contributed by atoms with van der Waals surface area (Å²) < 4.78 is 5.34. The number of benzene rings is 1. The monoisotopic (exact) mass is 260 g/mol. The third-order valence-corrected chi connectivity index (χ3v) is 3.08. The van der Waals surface area contributed by atoms with Gasteiger partial charge < -0.3 is 9.84 Å². The minimum absolute atomic E-state index is 0.711. The van der Waals surface area contributed by atoms with Crippen LogP contribution in [0.3, 0.4) is 0 Å². The highest BCUT2D eigenvalue weighted by Crippen LogP contribution is 2.20. The first-order valence-corrected chi connectivity index (χ1v) is 7.16. The zero-order valence-corrected chi connectivity index (χ0v) is 12.0. The van der Waals surface area contributed by atoms with Crippen LogP contribution in [0.25, 0.3) is 0 Å². The van der Waals surface area contributed by atoms with Gasteiger partial charge in [0.25, 0.3) is 0 Å². The van der Waals surface area contributed by atoms with E-state index in [0.29, 0.717) is 18.6 Å². The lowest BCUT2D eigenvalue weighted by Gasteiger charge is -2.21. The molecule has 0 saturated carbocycles. The lowest BCUT2D eigenvalue weighted by atomic mass is 9.92. The van der Waals surface area contributed by atoms with E-state index in [-0.39, 0.29) is 0 Å². The Balaban J connectivity index is 2.61. The summed E-state index contributed by atoms with van der Waals surface area (Å²) in [4.78, 5) is 0. The molecule has 19 heavy (non-hydrogen) atoms. The summed E-state index contributed by atoms with van der Waals surface area (Å²) in [6.45, 7) is 4.24. The molecule has 2 heteroatoms. The number of rotatable bonds is 7. The summed E-state index contributed by atoms with van der Waals surface area (Å²) in [5.41, 5.74) is -0.902. The fraction of sp³-hybridized carbons (Fsp3) is 0.529. The number of ether oxygens (including phenoxy) is 1. The topological polar surface area (TPSA) is 29.5 Å². The van der Waals surface area contributed by atoms with Crippen LogP contribution in [0.15, 0.2) is 30.3 Å². The largest absolute Gasteiger partial charge is 0.407 e. The third kappa shape index (κ3) is 6.31. The van der Waals surface area contributed by atoms with Gasteiger partial charge in [0, 0.05) is 0 Å². The lowest BCUT2D eigenvalue weighted by Crippen LogP contribution is -2.26. The minimum atomic E-state index is -0.902. The second-order valence-electron chi connectivity index (χ2n) is 4.88. The number of hydrogen-bond acceptors (Lipinski definition) is 2. The normalized spacial score (nSPS) is 10.7. The van der Waals surface area contributed by atoms with Gasteiger partial charge >= 0.3 is 0 Å². The van der Waals surface area contributed by atoms with Crippen molar-refractivity contribution in [3.05, 3.63) is 30.3 Å². The maximum atomic E-state index is 10.5. The Morgan fingerprint density at radius 1 is 1.05 bits per heavy atom. The van der Waals surface area contributed by atoms with Gasteiger partial charge in [-0.3, -0.25) is 0 Å². The van der Waals surface area contributed by atoms with Crippen molar-refractivity contribution >= 4 is 0 Å². The zero-order valence-electron chi connectivity index (χ0n) is 12.0. The van der Waals surface area contributed by atoms with Gasteiger partial charge in [-0.25, -0.2) is 0 Å². The Labute approximate surface area is 116 Å². The van der Waals surface area contributed by atoms with E-state index in [9.17, 15) is 5.11 Å². The van der Waals surface area contributed by atoms with Crippen molar-refractivity contribution in [3.8, 4) is 17.8 Å². The molecule has 0 aliphatic rings. The predicted molar refractivity (Wildman–Crippen MR) is 78.8 cm³/mol. The highest BCUT2D eigenvalue weighted by molar-refractivity contribution is 5.24. The molecule has 0 saturated heterocycles. The average molecular weight is 260 g/mol.